The predicted molar refractivity (Wildman–Crippen MR) is 57.7 cm³/mol. The molecule has 0 heterocycles. The first-order valence-corrected chi connectivity index (χ1v) is 5.16. The van der Waals surface area contributed by atoms with Gasteiger partial charge in [0.2, 0.25) is 0 Å². The van der Waals surface area contributed by atoms with Gasteiger partial charge in [-0.1, -0.05) is 11.6 Å². The Kier molecular flexibility index (Phi) is 4.50. The highest BCUT2D eigenvalue weighted by Gasteiger charge is 2.15. The second-order valence-corrected chi connectivity index (χ2v) is 4.07. The predicted octanol–water partition coefficient (Wildman–Crippen LogP) is 3.75. The zero-order valence-electron chi connectivity index (χ0n) is 8.22. The number of alkyl halides is 3. The number of halogens is 4. The fourth-order valence-corrected chi connectivity index (χ4v) is 1.43. The van der Waals surface area contributed by atoms with E-state index in [-0.39, 0.29) is 22.1 Å². The summed E-state index contributed by atoms with van der Waals surface area (Å²) >= 11 is 11.3. The van der Waals surface area contributed by atoms with Gasteiger partial charge in [-0.15, -0.1) is 11.6 Å². The van der Waals surface area contributed by atoms with Crippen LogP contribution in [0.25, 0.3) is 0 Å². The molecule has 1 aromatic rings. The third-order valence-electron chi connectivity index (χ3n) is 1.79. The SMILES string of the molecule is CC(Cl)C(=O)c1ccc(OC(F)F)c(Cl)c1. The number of carbonyl (C=O) groups is 1. The molecule has 0 aliphatic rings. The summed E-state index contributed by atoms with van der Waals surface area (Å²) in [5.74, 6) is -0.498. The Labute approximate surface area is 101 Å². The number of ether oxygens (including phenoxy) is 1. The van der Waals surface area contributed by atoms with Gasteiger partial charge in [-0.3, -0.25) is 4.79 Å². The van der Waals surface area contributed by atoms with Gasteiger partial charge in [0.25, 0.3) is 0 Å². The molecule has 0 N–H and O–H groups in total. The molecule has 0 fully saturated rings. The fourth-order valence-electron chi connectivity index (χ4n) is 1.08. The van der Waals surface area contributed by atoms with Crippen molar-refractivity contribution < 1.29 is 18.3 Å². The van der Waals surface area contributed by atoms with Gasteiger partial charge in [0.05, 0.1) is 10.4 Å². The van der Waals surface area contributed by atoms with Crippen LogP contribution in [0, 0.1) is 0 Å². The molecule has 0 radical (unpaired) electrons. The molecule has 0 aromatic heterocycles. The lowest BCUT2D eigenvalue weighted by molar-refractivity contribution is -0.0497. The second kappa shape index (κ2) is 5.46. The maximum atomic E-state index is 11.9. The molecule has 1 atom stereocenters. The third kappa shape index (κ3) is 3.32. The number of benzene rings is 1. The van der Waals surface area contributed by atoms with Crippen molar-refractivity contribution in [3.8, 4) is 5.75 Å². The van der Waals surface area contributed by atoms with Gasteiger partial charge in [-0.25, -0.2) is 0 Å². The number of hydrogen-bond donors (Lipinski definition) is 0. The molecule has 0 bridgehead atoms. The minimum Gasteiger partial charge on any atom is -0.433 e. The standard InChI is InChI=1S/C10H8Cl2F2O2/c1-5(11)9(15)6-2-3-8(7(12)4-6)16-10(13)14/h2-5,10H,1H3. The largest absolute Gasteiger partial charge is 0.433 e. The highest BCUT2D eigenvalue weighted by molar-refractivity contribution is 6.35. The van der Waals surface area contributed by atoms with Crippen LogP contribution in [0.4, 0.5) is 8.78 Å². The quantitative estimate of drug-likeness (QED) is 0.614. The average molecular weight is 269 g/mol. The Morgan fingerprint density at radius 1 is 1.44 bits per heavy atom. The van der Waals surface area contributed by atoms with Gasteiger partial charge in [0, 0.05) is 5.56 Å². The fraction of sp³-hybridized carbons (Fsp3) is 0.300. The molecule has 0 amide bonds. The van der Waals surface area contributed by atoms with Crippen molar-refractivity contribution in [2.45, 2.75) is 18.9 Å². The molecule has 0 saturated carbocycles. The van der Waals surface area contributed by atoms with E-state index in [9.17, 15) is 13.6 Å². The smallest absolute Gasteiger partial charge is 0.387 e. The zero-order valence-corrected chi connectivity index (χ0v) is 9.73. The molecular formula is C10H8Cl2F2O2. The maximum absolute atomic E-state index is 11.9. The summed E-state index contributed by atoms with van der Waals surface area (Å²) in [5, 5.41) is -0.749. The Hall–Kier alpha value is -0.870. The van der Waals surface area contributed by atoms with Crippen molar-refractivity contribution >= 4 is 29.0 Å². The van der Waals surface area contributed by atoms with Crippen molar-refractivity contribution in [2.24, 2.45) is 0 Å². The van der Waals surface area contributed by atoms with E-state index in [0.29, 0.717) is 0 Å². The van der Waals surface area contributed by atoms with E-state index in [1.54, 1.807) is 0 Å². The van der Waals surface area contributed by atoms with Gasteiger partial charge >= 0.3 is 6.61 Å². The van der Waals surface area contributed by atoms with Crippen LogP contribution in [-0.2, 0) is 0 Å². The molecular weight excluding hydrogens is 261 g/mol. The van der Waals surface area contributed by atoms with Crippen molar-refractivity contribution in [1.29, 1.82) is 0 Å². The Morgan fingerprint density at radius 3 is 2.50 bits per heavy atom. The summed E-state index contributed by atoms with van der Waals surface area (Å²) in [6.07, 6.45) is 0. The molecule has 16 heavy (non-hydrogen) atoms. The van der Waals surface area contributed by atoms with Crippen LogP contribution in [0.2, 0.25) is 5.02 Å². The Balaban J connectivity index is 2.95. The van der Waals surface area contributed by atoms with Crippen LogP contribution in [-0.4, -0.2) is 17.8 Å². The van der Waals surface area contributed by atoms with E-state index in [0.717, 1.165) is 0 Å². The van der Waals surface area contributed by atoms with Gasteiger partial charge in [0.15, 0.2) is 5.78 Å². The highest BCUT2D eigenvalue weighted by Crippen LogP contribution is 2.27. The van der Waals surface area contributed by atoms with Crippen LogP contribution in [0.5, 0.6) is 5.75 Å². The van der Waals surface area contributed by atoms with E-state index in [1.165, 1.54) is 25.1 Å². The zero-order chi connectivity index (χ0) is 12.3. The highest BCUT2D eigenvalue weighted by atomic mass is 35.5. The van der Waals surface area contributed by atoms with Crippen LogP contribution < -0.4 is 4.74 Å². The van der Waals surface area contributed by atoms with Crippen LogP contribution in [0.3, 0.4) is 0 Å². The first-order valence-electron chi connectivity index (χ1n) is 4.34. The van der Waals surface area contributed by atoms with E-state index in [1.807, 2.05) is 0 Å². The molecule has 1 rings (SSSR count). The molecule has 0 spiro atoms. The summed E-state index contributed by atoms with van der Waals surface area (Å²) in [4.78, 5) is 11.5. The summed E-state index contributed by atoms with van der Waals surface area (Å²) in [5.41, 5.74) is 0.258. The Bertz CT molecular complexity index is 394. The summed E-state index contributed by atoms with van der Waals surface area (Å²) < 4.78 is 28.0. The summed E-state index contributed by atoms with van der Waals surface area (Å²) in [6, 6.07) is 3.80. The average Bonchev–Trinajstić information content (AvgIpc) is 2.19. The minimum absolute atomic E-state index is 0.0523. The molecule has 2 nitrogen and oxygen atoms in total. The molecule has 0 aliphatic heterocycles. The monoisotopic (exact) mass is 268 g/mol. The van der Waals surface area contributed by atoms with Crippen LogP contribution in [0.1, 0.15) is 17.3 Å². The number of Topliss-reactive ketones (excluding diaryl/α,β-unsaturated/α-hetero) is 1. The van der Waals surface area contributed by atoms with E-state index in [4.69, 9.17) is 23.2 Å². The van der Waals surface area contributed by atoms with Gasteiger partial charge in [0.1, 0.15) is 5.75 Å². The summed E-state index contributed by atoms with van der Waals surface area (Å²) in [7, 11) is 0. The molecule has 1 unspecified atom stereocenters. The maximum Gasteiger partial charge on any atom is 0.387 e. The second-order valence-electron chi connectivity index (χ2n) is 3.00. The number of ketones is 1. The molecule has 6 heteroatoms. The molecule has 0 saturated heterocycles. The molecule has 88 valence electrons. The first-order chi connectivity index (χ1) is 7.41. The molecule has 1 aromatic carbocycles. The van der Waals surface area contributed by atoms with Crippen LogP contribution in [0.15, 0.2) is 18.2 Å². The normalized spacial score (nSPS) is 12.6. The lowest BCUT2D eigenvalue weighted by atomic mass is 10.1. The number of rotatable bonds is 4. The first kappa shape index (κ1) is 13.2. The lowest BCUT2D eigenvalue weighted by Gasteiger charge is -2.08. The van der Waals surface area contributed by atoms with Crippen molar-refractivity contribution in [2.75, 3.05) is 0 Å². The third-order valence-corrected chi connectivity index (χ3v) is 2.29. The van der Waals surface area contributed by atoms with Gasteiger partial charge < -0.3 is 4.74 Å². The van der Waals surface area contributed by atoms with E-state index in [2.05, 4.69) is 4.74 Å². The summed E-state index contributed by atoms with van der Waals surface area (Å²) in [6.45, 7) is -1.44. The van der Waals surface area contributed by atoms with Crippen molar-refractivity contribution in [1.82, 2.24) is 0 Å². The topological polar surface area (TPSA) is 26.3 Å². The van der Waals surface area contributed by atoms with Crippen LogP contribution >= 0.6 is 23.2 Å². The van der Waals surface area contributed by atoms with E-state index < -0.39 is 12.0 Å². The lowest BCUT2D eigenvalue weighted by Crippen LogP contribution is -2.10. The molecule has 0 aliphatic carbocycles. The van der Waals surface area contributed by atoms with Gasteiger partial charge in [-0.05, 0) is 25.1 Å². The van der Waals surface area contributed by atoms with Crippen molar-refractivity contribution in [3.05, 3.63) is 28.8 Å². The Morgan fingerprint density at radius 2 is 2.06 bits per heavy atom. The minimum atomic E-state index is -2.95. The number of carbonyl (C=O) groups excluding carboxylic acids is 1. The number of hydrogen-bond acceptors (Lipinski definition) is 2. The van der Waals surface area contributed by atoms with Crippen molar-refractivity contribution in [3.63, 3.8) is 0 Å². The van der Waals surface area contributed by atoms with Gasteiger partial charge in [-0.2, -0.15) is 8.78 Å². The van der Waals surface area contributed by atoms with E-state index >= 15 is 0 Å².